The Morgan fingerprint density at radius 1 is 1.09 bits per heavy atom. The second-order valence-electron chi connectivity index (χ2n) is 7.47. The number of methoxy groups -OCH3 is 3. The monoisotopic (exact) mass is 457 g/mol. The second kappa shape index (κ2) is 11.5. The lowest BCUT2D eigenvalue weighted by Crippen LogP contribution is -2.44. The van der Waals surface area contributed by atoms with Gasteiger partial charge in [-0.3, -0.25) is 9.59 Å². The first kappa shape index (κ1) is 24.3. The number of para-hydroxylation sites is 1. The van der Waals surface area contributed by atoms with Crippen LogP contribution in [0.2, 0.25) is 0 Å². The van der Waals surface area contributed by atoms with Crippen molar-refractivity contribution in [1.82, 2.24) is 9.91 Å². The van der Waals surface area contributed by atoms with Gasteiger partial charge in [-0.15, -0.1) is 0 Å². The van der Waals surface area contributed by atoms with Crippen LogP contribution in [0.4, 0.5) is 4.39 Å². The van der Waals surface area contributed by atoms with Gasteiger partial charge in [0, 0.05) is 38.3 Å². The number of carbonyl (C=O) groups excluding carboxylic acids is 2. The molecule has 2 aromatic rings. The largest absolute Gasteiger partial charge is 0.496 e. The molecular weight excluding hydrogens is 429 g/mol. The molecule has 3 rings (SSSR count). The molecule has 0 radical (unpaired) electrons. The zero-order chi connectivity index (χ0) is 23.8. The van der Waals surface area contributed by atoms with Crippen LogP contribution < -0.4 is 4.74 Å². The first-order chi connectivity index (χ1) is 16.0. The van der Waals surface area contributed by atoms with Crippen LogP contribution >= 0.6 is 0 Å². The number of hydrogen-bond acceptors (Lipinski definition) is 6. The van der Waals surface area contributed by atoms with Crippen LogP contribution in [0.3, 0.4) is 0 Å². The average molecular weight is 458 g/mol. The third-order valence-electron chi connectivity index (χ3n) is 5.36. The van der Waals surface area contributed by atoms with Gasteiger partial charge in [-0.2, -0.15) is 5.10 Å². The topological polar surface area (TPSA) is 80.7 Å². The Morgan fingerprint density at radius 2 is 1.82 bits per heavy atom. The van der Waals surface area contributed by atoms with Crippen molar-refractivity contribution in [1.29, 1.82) is 0 Å². The van der Waals surface area contributed by atoms with Crippen LogP contribution in [-0.4, -0.2) is 75.1 Å². The van der Waals surface area contributed by atoms with E-state index in [0.29, 0.717) is 23.4 Å². The lowest BCUT2D eigenvalue weighted by molar-refractivity contribution is -0.144. The summed E-state index contributed by atoms with van der Waals surface area (Å²) >= 11 is 0. The van der Waals surface area contributed by atoms with E-state index >= 15 is 0 Å². The highest BCUT2D eigenvalue weighted by Crippen LogP contribution is 2.37. The number of ether oxygens (including phenoxy) is 3. The number of halogens is 1. The average Bonchev–Trinajstić information content (AvgIpc) is 3.27. The summed E-state index contributed by atoms with van der Waals surface area (Å²) in [7, 11) is 4.48. The van der Waals surface area contributed by atoms with Crippen molar-refractivity contribution >= 4 is 17.5 Å². The Hall–Kier alpha value is -3.30. The first-order valence-electron chi connectivity index (χ1n) is 10.5. The molecule has 0 spiro atoms. The van der Waals surface area contributed by atoms with Gasteiger partial charge < -0.3 is 19.1 Å². The van der Waals surface area contributed by atoms with E-state index in [1.807, 2.05) is 18.2 Å². The number of rotatable bonds is 10. The van der Waals surface area contributed by atoms with Crippen molar-refractivity contribution in [3.63, 3.8) is 0 Å². The predicted octanol–water partition coefficient (Wildman–Crippen LogP) is 2.63. The van der Waals surface area contributed by atoms with Crippen LogP contribution in [0.1, 0.15) is 23.6 Å². The van der Waals surface area contributed by atoms with Gasteiger partial charge in [0.2, 0.25) is 5.91 Å². The minimum absolute atomic E-state index is 0.156. The molecule has 8 nitrogen and oxygen atoms in total. The van der Waals surface area contributed by atoms with E-state index in [2.05, 4.69) is 5.10 Å². The Morgan fingerprint density at radius 3 is 2.52 bits per heavy atom. The molecule has 2 amide bonds. The van der Waals surface area contributed by atoms with Gasteiger partial charge in [0.05, 0.1) is 25.5 Å². The first-order valence-corrected chi connectivity index (χ1v) is 10.5. The Kier molecular flexibility index (Phi) is 8.51. The molecule has 0 saturated heterocycles. The van der Waals surface area contributed by atoms with E-state index in [9.17, 15) is 14.0 Å². The molecular formula is C24H28FN3O5. The summed E-state index contributed by atoms with van der Waals surface area (Å²) < 4.78 is 30.0. The molecule has 33 heavy (non-hydrogen) atoms. The summed E-state index contributed by atoms with van der Waals surface area (Å²) in [6.45, 7) is 0.117. The molecule has 0 bridgehead atoms. The van der Waals surface area contributed by atoms with Gasteiger partial charge in [-0.1, -0.05) is 36.4 Å². The van der Waals surface area contributed by atoms with Gasteiger partial charge in [-0.25, -0.2) is 9.40 Å². The van der Waals surface area contributed by atoms with E-state index in [4.69, 9.17) is 14.2 Å². The van der Waals surface area contributed by atoms with Crippen LogP contribution in [0.15, 0.2) is 53.6 Å². The number of benzene rings is 2. The highest BCUT2D eigenvalue weighted by atomic mass is 19.1. The van der Waals surface area contributed by atoms with Gasteiger partial charge in [0.1, 0.15) is 24.7 Å². The van der Waals surface area contributed by atoms with Gasteiger partial charge in [-0.05, 0) is 12.1 Å². The summed E-state index contributed by atoms with van der Waals surface area (Å²) in [4.78, 5) is 27.2. The maximum atomic E-state index is 14.5. The maximum absolute atomic E-state index is 14.5. The SMILES string of the molecule is COCCN(CC(=O)N1N=C(c2ccccc2F)C[C@@H]1c1ccccc1OC)C(=O)COC. The number of hydrazone groups is 1. The van der Waals surface area contributed by atoms with Gasteiger partial charge in [0.25, 0.3) is 5.91 Å². The Bertz CT molecular complexity index is 1010. The molecule has 9 heteroatoms. The molecule has 1 atom stereocenters. The second-order valence-corrected chi connectivity index (χ2v) is 7.47. The molecule has 0 saturated carbocycles. The fourth-order valence-electron chi connectivity index (χ4n) is 3.73. The molecule has 0 unspecified atom stereocenters. The summed E-state index contributed by atoms with van der Waals surface area (Å²) in [5, 5.41) is 5.81. The molecule has 176 valence electrons. The quantitative estimate of drug-likeness (QED) is 0.548. The van der Waals surface area contributed by atoms with Crippen LogP contribution in [0.25, 0.3) is 0 Å². The third-order valence-corrected chi connectivity index (χ3v) is 5.36. The lowest BCUT2D eigenvalue weighted by atomic mass is 9.97. The fraction of sp³-hybridized carbons (Fsp3) is 0.375. The van der Waals surface area contributed by atoms with E-state index in [1.165, 1.54) is 30.2 Å². The summed E-state index contributed by atoms with van der Waals surface area (Å²) in [6, 6.07) is 13.1. The van der Waals surface area contributed by atoms with Crippen molar-refractivity contribution in [3.05, 3.63) is 65.5 Å². The zero-order valence-electron chi connectivity index (χ0n) is 19.0. The van der Waals surface area contributed by atoms with Crippen molar-refractivity contribution in [2.24, 2.45) is 5.10 Å². The van der Waals surface area contributed by atoms with Crippen LogP contribution in [-0.2, 0) is 19.1 Å². The van der Waals surface area contributed by atoms with Crippen molar-refractivity contribution in [2.45, 2.75) is 12.5 Å². The number of amides is 2. The van der Waals surface area contributed by atoms with Crippen molar-refractivity contribution < 1.29 is 28.2 Å². The molecule has 0 aliphatic carbocycles. The van der Waals surface area contributed by atoms with Crippen LogP contribution in [0, 0.1) is 5.82 Å². The highest BCUT2D eigenvalue weighted by Gasteiger charge is 2.36. The molecule has 0 fully saturated rings. The van der Waals surface area contributed by atoms with Gasteiger partial charge >= 0.3 is 0 Å². The summed E-state index contributed by atoms with van der Waals surface area (Å²) in [5.41, 5.74) is 1.53. The van der Waals surface area contributed by atoms with Crippen LogP contribution in [0.5, 0.6) is 5.75 Å². The molecule has 1 aliphatic rings. The predicted molar refractivity (Wildman–Crippen MR) is 120 cm³/mol. The molecule has 1 heterocycles. The van der Waals surface area contributed by atoms with E-state index < -0.39 is 17.8 Å². The normalized spacial score (nSPS) is 15.3. The molecule has 0 aromatic heterocycles. The number of nitrogens with zero attached hydrogens (tertiary/aromatic N) is 3. The lowest BCUT2D eigenvalue weighted by Gasteiger charge is -2.27. The van der Waals surface area contributed by atoms with E-state index in [1.54, 1.807) is 31.4 Å². The zero-order valence-corrected chi connectivity index (χ0v) is 19.0. The minimum Gasteiger partial charge on any atom is -0.496 e. The highest BCUT2D eigenvalue weighted by molar-refractivity contribution is 6.03. The smallest absolute Gasteiger partial charge is 0.262 e. The molecule has 2 aromatic carbocycles. The molecule has 1 aliphatic heterocycles. The number of carbonyl (C=O) groups is 2. The van der Waals surface area contributed by atoms with Gasteiger partial charge in [0.15, 0.2) is 0 Å². The maximum Gasteiger partial charge on any atom is 0.262 e. The Labute approximate surface area is 192 Å². The number of hydrogen-bond donors (Lipinski definition) is 0. The minimum atomic E-state index is -0.509. The van der Waals surface area contributed by atoms with Crippen molar-refractivity contribution in [2.75, 3.05) is 47.6 Å². The molecule has 0 N–H and O–H groups in total. The van der Waals surface area contributed by atoms with E-state index in [0.717, 1.165) is 5.56 Å². The summed E-state index contributed by atoms with van der Waals surface area (Å²) in [5.74, 6) is -0.564. The third kappa shape index (κ3) is 5.74. The fourth-order valence-corrected chi connectivity index (χ4v) is 3.73. The standard InChI is InChI=1S/C24H28FN3O5/c1-31-13-12-27(24(30)16-32-2)15-23(29)28-21(18-9-5-7-11-22(18)33-3)14-20(26-28)17-8-4-6-10-19(17)25/h4-11,21H,12-16H2,1-3H3/t21-/m1/s1. The van der Waals surface area contributed by atoms with E-state index in [-0.39, 0.29) is 32.2 Å². The Balaban J connectivity index is 1.94. The summed E-state index contributed by atoms with van der Waals surface area (Å²) in [6.07, 6.45) is 0.303. The van der Waals surface area contributed by atoms with Crippen molar-refractivity contribution in [3.8, 4) is 5.75 Å².